The largest absolute Gasteiger partial charge is 0.352 e. The highest BCUT2D eigenvalue weighted by Crippen LogP contribution is 2.19. The molecule has 0 atom stereocenters. The maximum Gasteiger partial charge on any atom is 0.251 e. The predicted molar refractivity (Wildman–Crippen MR) is 103 cm³/mol. The van der Waals surface area contributed by atoms with Gasteiger partial charge >= 0.3 is 0 Å². The van der Waals surface area contributed by atoms with Crippen LogP contribution in [0.2, 0.25) is 5.02 Å². The average Bonchev–Trinajstić information content (AvgIpc) is 2.55. The van der Waals surface area contributed by atoms with Crippen LogP contribution in [-0.4, -0.2) is 24.3 Å². The molecule has 2 rings (SSSR count). The fourth-order valence-electron chi connectivity index (χ4n) is 2.38. The smallest absolute Gasteiger partial charge is 0.251 e. The molecule has 2 aromatic rings. The summed E-state index contributed by atoms with van der Waals surface area (Å²) < 4.78 is 0. The predicted octanol–water partition coefficient (Wildman–Crippen LogP) is 3.23. The van der Waals surface area contributed by atoms with Crippen molar-refractivity contribution in [3.63, 3.8) is 0 Å². The van der Waals surface area contributed by atoms with Gasteiger partial charge in [0.1, 0.15) is 0 Å². The van der Waals surface area contributed by atoms with Gasteiger partial charge in [-0.15, -0.1) is 0 Å². The first-order valence-electron chi connectivity index (χ1n) is 8.06. The molecule has 6 nitrogen and oxygen atoms in total. The fraction of sp³-hybridized carbons (Fsp3) is 0.211. The second-order valence-corrected chi connectivity index (χ2v) is 6.23. The van der Waals surface area contributed by atoms with Gasteiger partial charge in [0, 0.05) is 42.4 Å². The molecule has 0 bridgehead atoms. The Morgan fingerprint density at radius 3 is 1.92 bits per heavy atom. The molecule has 0 saturated heterocycles. The van der Waals surface area contributed by atoms with Crippen molar-refractivity contribution in [2.75, 3.05) is 17.2 Å². The highest BCUT2D eigenvalue weighted by Gasteiger charge is 2.10. The normalized spacial score (nSPS) is 10.1. The standard InChI is InChI=1S/C19H20ClN3O3/c1-12(24)22-17-9-15(10-18(11-17)23-13(2)25)19(26)21-8-7-14-3-5-16(20)6-4-14/h3-6,9-11H,7-8H2,1-2H3,(H,21,26)(H,22,24)(H,23,25). The van der Waals surface area contributed by atoms with Crippen LogP contribution < -0.4 is 16.0 Å². The number of hydrogen-bond acceptors (Lipinski definition) is 3. The third kappa shape index (κ3) is 6.22. The minimum Gasteiger partial charge on any atom is -0.352 e. The number of nitrogens with one attached hydrogen (secondary N) is 3. The Morgan fingerprint density at radius 1 is 0.885 bits per heavy atom. The second kappa shape index (κ2) is 9.01. The molecule has 3 N–H and O–H groups in total. The maximum atomic E-state index is 12.4. The third-order valence-electron chi connectivity index (χ3n) is 3.45. The first-order chi connectivity index (χ1) is 12.3. The van der Waals surface area contributed by atoms with Crippen LogP contribution in [0.15, 0.2) is 42.5 Å². The van der Waals surface area contributed by atoms with Gasteiger partial charge in [-0.3, -0.25) is 14.4 Å². The van der Waals surface area contributed by atoms with E-state index in [-0.39, 0.29) is 17.7 Å². The number of rotatable bonds is 6. The number of carbonyl (C=O) groups excluding carboxylic acids is 3. The van der Waals surface area contributed by atoms with E-state index in [0.29, 0.717) is 34.9 Å². The zero-order chi connectivity index (χ0) is 19.1. The van der Waals surface area contributed by atoms with Crippen molar-refractivity contribution in [2.45, 2.75) is 20.3 Å². The van der Waals surface area contributed by atoms with Crippen molar-refractivity contribution in [3.05, 3.63) is 58.6 Å². The quantitative estimate of drug-likeness (QED) is 0.726. The van der Waals surface area contributed by atoms with Crippen LogP contribution in [0, 0.1) is 0 Å². The highest BCUT2D eigenvalue weighted by molar-refractivity contribution is 6.30. The van der Waals surface area contributed by atoms with Gasteiger partial charge in [0.15, 0.2) is 0 Å². The number of amides is 3. The molecule has 2 aromatic carbocycles. The minimum atomic E-state index is -0.294. The maximum absolute atomic E-state index is 12.4. The molecular formula is C19H20ClN3O3. The topological polar surface area (TPSA) is 87.3 Å². The average molecular weight is 374 g/mol. The van der Waals surface area contributed by atoms with E-state index in [4.69, 9.17) is 11.6 Å². The van der Waals surface area contributed by atoms with Gasteiger partial charge in [0.25, 0.3) is 5.91 Å². The molecule has 0 spiro atoms. The van der Waals surface area contributed by atoms with Gasteiger partial charge in [-0.2, -0.15) is 0 Å². The number of carbonyl (C=O) groups is 3. The van der Waals surface area contributed by atoms with Crippen LogP contribution in [0.1, 0.15) is 29.8 Å². The van der Waals surface area contributed by atoms with Gasteiger partial charge in [0.2, 0.25) is 11.8 Å². The van der Waals surface area contributed by atoms with E-state index in [1.54, 1.807) is 30.3 Å². The third-order valence-corrected chi connectivity index (χ3v) is 3.70. The second-order valence-electron chi connectivity index (χ2n) is 5.79. The van der Waals surface area contributed by atoms with Crippen LogP contribution in [0.25, 0.3) is 0 Å². The van der Waals surface area contributed by atoms with Crippen molar-refractivity contribution < 1.29 is 14.4 Å². The monoisotopic (exact) mass is 373 g/mol. The zero-order valence-corrected chi connectivity index (χ0v) is 15.3. The van der Waals surface area contributed by atoms with Crippen molar-refractivity contribution in [1.82, 2.24) is 5.32 Å². The zero-order valence-electron chi connectivity index (χ0n) is 14.6. The Labute approximate surface area is 156 Å². The summed E-state index contributed by atoms with van der Waals surface area (Å²) in [5.41, 5.74) is 2.27. The van der Waals surface area contributed by atoms with E-state index in [2.05, 4.69) is 16.0 Å². The van der Waals surface area contributed by atoms with Crippen molar-refractivity contribution in [2.24, 2.45) is 0 Å². The van der Waals surface area contributed by atoms with E-state index in [0.717, 1.165) is 5.56 Å². The molecule has 0 radical (unpaired) electrons. The van der Waals surface area contributed by atoms with Gasteiger partial charge in [-0.25, -0.2) is 0 Å². The number of hydrogen-bond donors (Lipinski definition) is 3. The van der Waals surface area contributed by atoms with Crippen molar-refractivity contribution in [1.29, 1.82) is 0 Å². The molecule has 0 saturated carbocycles. The number of halogens is 1. The summed E-state index contributed by atoms with van der Waals surface area (Å²) in [6, 6.07) is 12.1. The molecule has 0 unspecified atom stereocenters. The molecule has 0 aliphatic rings. The molecule has 7 heteroatoms. The van der Waals surface area contributed by atoms with Crippen LogP contribution >= 0.6 is 11.6 Å². The fourth-order valence-corrected chi connectivity index (χ4v) is 2.51. The lowest BCUT2D eigenvalue weighted by Gasteiger charge is -2.11. The lowest BCUT2D eigenvalue weighted by atomic mass is 10.1. The SMILES string of the molecule is CC(=O)Nc1cc(NC(C)=O)cc(C(=O)NCCc2ccc(Cl)cc2)c1. The minimum absolute atomic E-state index is 0.265. The van der Waals surface area contributed by atoms with Gasteiger partial charge < -0.3 is 16.0 Å². The first-order valence-corrected chi connectivity index (χ1v) is 8.44. The number of anilines is 2. The Balaban J connectivity index is 2.06. The lowest BCUT2D eigenvalue weighted by Crippen LogP contribution is -2.26. The van der Waals surface area contributed by atoms with Crippen LogP contribution in [-0.2, 0) is 16.0 Å². The van der Waals surface area contributed by atoms with E-state index in [1.807, 2.05) is 12.1 Å². The first kappa shape index (κ1) is 19.5. The highest BCUT2D eigenvalue weighted by atomic mass is 35.5. The van der Waals surface area contributed by atoms with E-state index < -0.39 is 0 Å². The molecule has 136 valence electrons. The summed E-state index contributed by atoms with van der Waals surface area (Å²) in [5, 5.41) is 8.73. The van der Waals surface area contributed by atoms with E-state index in [1.165, 1.54) is 13.8 Å². The molecule has 0 heterocycles. The summed E-state index contributed by atoms with van der Waals surface area (Å²) in [6.45, 7) is 3.19. The molecule has 26 heavy (non-hydrogen) atoms. The molecule has 0 aromatic heterocycles. The van der Waals surface area contributed by atoms with Crippen LogP contribution in [0.5, 0.6) is 0 Å². The summed E-state index contributed by atoms with van der Waals surface area (Å²) in [6.07, 6.45) is 0.660. The molecule has 0 fully saturated rings. The Morgan fingerprint density at radius 2 is 1.42 bits per heavy atom. The Bertz CT molecular complexity index is 785. The van der Waals surface area contributed by atoms with Gasteiger partial charge in [-0.1, -0.05) is 23.7 Å². The van der Waals surface area contributed by atoms with E-state index >= 15 is 0 Å². The number of benzene rings is 2. The summed E-state index contributed by atoms with van der Waals surface area (Å²) >= 11 is 5.85. The summed E-state index contributed by atoms with van der Waals surface area (Å²) in [5.74, 6) is -0.823. The van der Waals surface area contributed by atoms with Crippen LogP contribution in [0.3, 0.4) is 0 Å². The molecule has 0 aliphatic heterocycles. The van der Waals surface area contributed by atoms with E-state index in [9.17, 15) is 14.4 Å². The molecule has 0 aliphatic carbocycles. The summed E-state index contributed by atoms with van der Waals surface area (Å²) in [4.78, 5) is 35.0. The van der Waals surface area contributed by atoms with Gasteiger partial charge in [-0.05, 0) is 42.3 Å². The molecule has 3 amide bonds. The van der Waals surface area contributed by atoms with Crippen molar-refractivity contribution in [3.8, 4) is 0 Å². The molecular weight excluding hydrogens is 354 g/mol. The lowest BCUT2D eigenvalue weighted by molar-refractivity contribution is -0.115. The van der Waals surface area contributed by atoms with Crippen LogP contribution in [0.4, 0.5) is 11.4 Å². The van der Waals surface area contributed by atoms with Gasteiger partial charge in [0.05, 0.1) is 0 Å². The summed E-state index contributed by atoms with van der Waals surface area (Å²) in [7, 11) is 0. The van der Waals surface area contributed by atoms with Crippen molar-refractivity contribution >= 4 is 40.7 Å². The Hall–Kier alpha value is -2.86. The Kier molecular flexibility index (Phi) is 6.74.